The van der Waals surface area contributed by atoms with Crippen LogP contribution in [0.3, 0.4) is 0 Å². The minimum atomic E-state index is -0.867. The molecule has 2 N–H and O–H groups in total. The zero-order valence-corrected chi connectivity index (χ0v) is 11.7. The molecule has 1 atom stereocenters. The highest BCUT2D eigenvalue weighted by atomic mass is 32.2. The summed E-state index contributed by atoms with van der Waals surface area (Å²) in [5.74, 6) is -0.858. The first-order valence-electron chi connectivity index (χ1n) is 6.29. The van der Waals surface area contributed by atoms with Crippen molar-refractivity contribution in [2.75, 3.05) is 5.75 Å². The Morgan fingerprint density at radius 3 is 2.84 bits per heavy atom. The quantitative estimate of drug-likeness (QED) is 0.657. The lowest BCUT2D eigenvalue weighted by atomic mass is 10.1. The van der Waals surface area contributed by atoms with Crippen LogP contribution in [0.25, 0.3) is 0 Å². The third-order valence-electron chi connectivity index (χ3n) is 3.14. The van der Waals surface area contributed by atoms with Gasteiger partial charge in [0.15, 0.2) is 6.10 Å². The summed E-state index contributed by atoms with van der Waals surface area (Å²) in [4.78, 5) is 23.3. The predicted octanol–water partition coefficient (Wildman–Crippen LogP) is 1.68. The molecule has 0 unspecified atom stereocenters. The summed E-state index contributed by atoms with van der Waals surface area (Å²) in [7, 11) is 0. The lowest BCUT2D eigenvalue weighted by Crippen LogP contribution is -2.30. The number of aryl methyl sites for hydroxylation is 2. The molecule has 1 aliphatic carbocycles. The molecule has 0 aromatic heterocycles. The van der Waals surface area contributed by atoms with Gasteiger partial charge in [0.2, 0.25) is 0 Å². The van der Waals surface area contributed by atoms with Crippen molar-refractivity contribution < 1.29 is 14.3 Å². The SMILES string of the molecule is C[C@@H](OC(=O)CSc1ccc2c(c1)CCC2)C(N)=O. The van der Waals surface area contributed by atoms with Gasteiger partial charge in [-0.15, -0.1) is 11.8 Å². The molecule has 0 saturated heterocycles. The molecule has 0 fully saturated rings. The molecule has 19 heavy (non-hydrogen) atoms. The minimum Gasteiger partial charge on any atom is -0.452 e. The Morgan fingerprint density at radius 1 is 1.37 bits per heavy atom. The van der Waals surface area contributed by atoms with E-state index in [0.29, 0.717) is 0 Å². The van der Waals surface area contributed by atoms with Gasteiger partial charge in [-0.25, -0.2) is 0 Å². The van der Waals surface area contributed by atoms with E-state index >= 15 is 0 Å². The van der Waals surface area contributed by atoms with Crippen LogP contribution in [0.4, 0.5) is 0 Å². The highest BCUT2D eigenvalue weighted by Gasteiger charge is 2.15. The number of hydrogen-bond acceptors (Lipinski definition) is 4. The summed E-state index contributed by atoms with van der Waals surface area (Å²) < 4.78 is 4.89. The third kappa shape index (κ3) is 3.73. The Labute approximate surface area is 116 Å². The second-order valence-electron chi connectivity index (χ2n) is 4.61. The van der Waals surface area contributed by atoms with E-state index in [-0.39, 0.29) is 5.75 Å². The maximum Gasteiger partial charge on any atom is 0.317 e. The van der Waals surface area contributed by atoms with Crippen LogP contribution in [0.15, 0.2) is 23.1 Å². The van der Waals surface area contributed by atoms with Gasteiger partial charge in [-0.1, -0.05) is 6.07 Å². The molecule has 4 nitrogen and oxygen atoms in total. The molecule has 1 aromatic carbocycles. The molecule has 1 aliphatic rings. The number of thioether (sulfide) groups is 1. The second-order valence-corrected chi connectivity index (χ2v) is 5.66. The molecular weight excluding hydrogens is 262 g/mol. The van der Waals surface area contributed by atoms with Crippen molar-refractivity contribution in [3.63, 3.8) is 0 Å². The highest BCUT2D eigenvalue weighted by molar-refractivity contribution is 8.00. The summed E-state index contributed by atoms with van der Waals surface area (Å²) in [6.07, 6.45) is 2.61. The van der Waals surface area contributed by atoms with Crippen LogP contribution < -0.4 is 5.73 Å². The number of hydrogen-bond donors (Lipinski definition) is 1. The molecule has 0 radical (unpaired) electrons. The van der Waals surface area contributed by atoms with E-state index in [0.717, 1.165) is 17.7 Å². The number of fused-ring (bicyclic) bond motifs is 1. The number of rotatable bonds is 5. The van der Waals surface area contributed by atoms with Crippen molar-refractivity contribution in [3.05, 3.63) is 29.3 Å². The Balaban J connectivity index is 1.85. The fraction of sp³-hybridized carbons (Fsp3) is 0.429. The Bertz CT molecular complexity index is 501. The molecule has 102 valence electrons. The molecular formula is C14H17NO3S. The summed E-state index contributed by atoms with van der Waals surface area (Å²) in [5.41, 5.74) is 7.82. The van der Waals surface area contributed by atoms with Gasteiger partial charge in [0.1, 0.15) is 0 Å². The highest BCUT2D eigenvalue weighted by Crippen LogP contribution is 2.27. The van der Waals surface area contributed by atoms with Crippen molar-refractivity contribution in [2.45, 2.75) is 37.2 Å². The third-order valence-corrected chi connectivity index (χ3v) is 4.10. The topological polar surface area (TPSA) is 69.4 Å². The van der Waals surface area contributed by atoms with Crippen LogP contribution in [-0.2, 0) is 27.2 Å². The van der Waals surface area contributed by atoms with Crippen molar-refractivity contribution in [2.24, 2.45) is 5.73 Å². The molecule has 0 aliphatic heterocycles. The minimum absolute atomic E-state index is 0.191. The molecule has 0 heterocycles. The first-order valence-corrected chi connectivity index (χ1v) is 7.28. The first-order chi connectivity index (χ1) is 9.06. The zero-order chi connectivity index (χ0) is 13.8. The number of primary amides is 1. The molecule has 1 aromatic rings. The number of nitrogens with two attached hydrogens (primary N) is 1. The van der Waals surface area contributed by atoms with Crippen molar-refractivity contribution >= 4 is 23.6 Å². The van der Waals surface area contributed by atoms with E-state index in [1.165, 1.54) is 36.2 Å². The van der Waals surface area contributed by atoms with Gasteiger partial charge in [-0.3, -0.25) is 9.59 Å². The molecule has 1 amide bonds. The van der Waals surface area contributed by atoms with Crippen LogP contribution >= 0.6 is 11.8 Å². The molecule has 0 bridgehead atoms. The zero-order valence-electron chi connectivity index (χ0n) is 10.8. The van der Waals surface area contributed by atoms with E-state index in [2.05, 4.69) is 12.1 Å². The van der Waals surface area contributed by atoms with Crippen LogP contribution in [0.2, 0.25) is 0 Å². The number of ether oxygens (including phenoxy) is 1. The largest absolute Gasteiger partial charge is 0.452 e. The lowest BCUT2D eigenvalue weighted by Gasteiger charge is -2.09. The van der Waals surface area contributed by atoms with Gasteiger partial charge >= 0.3 is 5.97 Å². The van der Waals surface area contributed by atoms with Crippen LogP contribution in [-0.4, -0.2) is 23.7 Å². The van der Waals surface area contributed by atoms with Crippen molar-refractivity contribution in [1.82, 2.24) is 0 Å². The molecule has 0 spiro atoms. The smallest absolute Gasteiger partial charge is 0.317 e. The van der Waals surface area contributed by atoms with Crippen LogP contribution in [0, 0.1) is 0 Å². The standard InChI is InChI=1S/C14H17NO3S/c1-9(14(15)17)18-13(16)8-19-12-6-5-10-3-2-4-11(10)7-12/h5-7,9H,2-4,8H2,1H3,(H2,15,17)/t9-/m1/s1. The van der Waals surface area contributed by atoms with Gasteiger partial charge in [0.25, 0.3) is 5.91 Å². The van der Waals surface area contributed by atoms with Gasteiger partial charge in [0, 0.05) is 4.90 Å². The van der Waals surface area contributed by atoms with E-state index in [4.69, 9.17) is 10.5 Å². The van der Waals surface area contributed by atoms with Crippen molar-refractivity contribution in [3.8, 4) is 0 Å². The fourth-order valence-corrected chi connectivity index (χ4v) is 2.81. The molecule has 5 heteroatoms. The maximum absolute atomic E-state index is 11.5. The van der Waals surface area contributed by atoms with Gasteiger partial charge in [-0.05, 0) is 49.4 Å². The Hall–Kier alpha value is -1.49. The maximum atomic E-state index is 11.5. The number of carbonyl (C=O) groups excluding carboxylic acids is 2. The lowest BCUT2D eigenvalue weighted by molar-refractivity contribution is -0.151. The van der Waals surface area contributed by atoms with Crippen LogP contribution in [0.1, 0.15) is 24.5 Å². The molecule has 2 rings (SSSR count). The number of benzene rings is 1. The second kappa shape index (κ2) is 6.10. The van der Waals surface area contributed by atoms with E-state index in [1.807, 2.05) is 6.07 Å². The number of carbonyl (C=O) groups is 2. The van der Waals surface area contributed by atoms with Crippen molar-refractivity contribution in [1.29, 1.82) is 0 Å². The fourth-order valence-electron chi connectivity index (χ4n) is 2.07. The number of amides is 1. The van der Waals surface area contributed by atoms with Gasteiger partial charge in [0.05, 0.1) is 5.75 Å². The van der Waals surface area contributed by atoms with E-state index in [1.54, 1.807) is 0 Å². The van der Waals surface area contributed by atoms with Gasteiger partial charge < -0.3 is 10.5 Å². The summed E-state index contributed by atoms with van der Waals surface area (Å²) in [5, 5.41) is 0. The average molecular weight is 279 g/mol. The predicted molar refractivity (Wildman–Crippen MR) is 73.9 cm³/mol. The van der Waals surface area contributed by atoms with Gasteiger partial charge in [-0.2, -0.15) is 0 Å². The van der Waals surface area contributed by atoms with Crippen LogP contribution in [0.5, 0.6) is 0 Å². The monoisotopic (exact) mass is 279 g/mol. The van der Waals surface area contributed by atoms with E-state index in [9.17, 15) is 9.59 Å². The number of esters is 1. The summed E-state index contributed by atoms with van der Waals surface area (Å²) in [6, 6.07) is 6.29. The average Bonchev–Trinajstić information content (AvgIpc) is 2.83. The first kappa shape index (κ1) is 13.9. The van der Waals surface area contributed by atoms with E-state index < -0.39 is 18.0 Å². The molecule has 0 saturated carbocycles. The summed E-state index contributed by atoms with van der Waals surface area (Å²) in [6.45, 7) is 1.47. The Morgan fingerprint density at radius 2 is 2.11 bits per heavy atom. The Kier molecular flexibility index (Phi) is 4.47. The summed E-state index contributed by atoms with van der Waals surface area (Å²) >= 11 is 1.42. The normalized spacial score (nSPS) is 14.8.